The summed E-state index contributed by atoms with van der Waals surface area (Å²) in [5, 5.41) is 8.92. The number of hydrogen-bond donors (Lipinski definition) is 0. The Bertz CT molecular complexity index is 973. The molecule has 2 heterocycles. The standard InChI is InChI=1S/C21H20N2O/c1-14-9-10-17(15(2)13-14)21(24)20-16(3)18(8-6-11-22)23-12-5-4-7-19(20)23/h4-5,7,9-10,12-13H,6,8H2,1-3H3. The highest BCUT2D eigenvalue weighted by atomic mass is 16.1. The molecule has 0 unspecified atom stereocenters. The van der Waals surface area contributed by atoms with Crippen molar-refractivity contribution in [3.8, 4) is 6.07 Å². The molecule has 0 saturated heterocycles. The average molecular weight is 316 g/mol. The molecule has 0 aliphatic carbocycles. The predicted molar refractivity (Wildman–Crippen MR) is 95.4 cm³/mol. The van der Waals surface area contributed by atoms with Crippen LogP contribution in [0.1, 0.15) is 44.7 Å². The molecule has 0 aliphatic heterocycles. The van der Waals surface area contributed by atoms with E-state index in [1.165, 1.54) is 0 Å². The number of hydrogen-bond acceptors (Lipinski definition) is 2. The van der Waals surface area contributed by atoms with E-state index in [0.29, 0.717) is 12.8 Å². The van der Waals surface area contributed by atoms with Gasteiger partial charge in [-0.15, -0.1) is 0 Å². The molecule has 0 atom stereocenters. The molecular weight excluding hydrogens is 296 g/mol. The van der Waals surface area contributed by atoms with Crippen LogP contribution in [0.25, 0.3) is 5.52 Å². The molecule has 2 aromatic heterocycles. The topological polar surface area (TPSA) is 45.3 Å². The fourth-order valence-corrected chi connectivity index (χ4v) is 3.37. The van der Waals surface area contributed by atoms with E-state index in [1.54, 1.807) is 0 Å². The lowest BCUT2D eigenvalue weighted by molar-refractivity contribution is 0.103. The summed E-state index contributed by atoms with van der Waals surface area (Å²) in [5.41, 5.74) is 6.56. The fourth-order valence-electron chi connectivity index (χ4n) is 3.37. The molecule has 0 amide bonds. The van der Waals surface area contributed by atoms with Gasteiger partial charge < -0.3 is 4.40 Å². The molecule has 0 fully saturated rings. The summed E-state index contributed by atoms with van der Waals surface area (Å²) < 4.78 is 2.05. The van der Waals surface area contributed by atoms with E-state index in [4.69, 9.17) is 5.26 Å². The number of ketones is 1. The highest BCUT2D eigenvalue weighted by Crippen LogP contribution is 2.27. The molecule has 0 spiro atoms. The number of aryl methyl sites for hydroxylation is 3. The third kappa shape index (κ3) is 2.61. The molecule has 0 saturated carbocycles. The molecular formula is C21H20N2O. The number of aromatic nitrogens is 1. The van der Waals surface area contributed by atoms with E-state index in [9.17, 15) is 4.79 Å². The van der Waals surface area contributed by atoms with Gasteiger partial charge in [-0.05, 0) is 44.0 Å². The van der Waals surface area contributed by atoms with Crippen LogP contribution in [-0.2, 0) is 6.42 Å². The third-order valence-electron chi connectivity index (χ3n) is 4.54. The minimum absolute atomic E-state index is 0.0527. The van der Waals surface area contributed by atoms with Crippen molar-refractivity contribution in [3.05, 3.63) is 76.1 Å². The van der Waals surface area contributed by atoms with Crippen LogP contribution in [0, 0.1) is 32.1 Å². The summed E-state index contributed by atoms with van der Waals surface area (Å²) in [6, 6.07) is 14.0. The molecule has 0 bridgehead atoms. The van der Waals surface area contributed by atoms with Gasteiger partial charge in [-0.3, -0.25) is 4.79 Å². The third-order valence-corrected chi connectivity index (χ3v) is 4.54. The molecule has 0 N–H and O–H groups in total. The van der Waals surface area contributed by atoms with Crippen molar-refractivity contribution in [2.24, 2.45) is 0 Å². The van der Waals surface area contributed by atoms with Crippen molar-refractivity contribution < 1.29 is 4.79 Å². The van der Waals surface area contributed by atoms with Gasteiger partial charge in [-0.1, -0.05) is 29.8 Å². The summed E-state index contributed by atoms with van der Waals surface area (Å²) in [6.07, 6.45) is 3.06. The highest BCUT2D eigenvalue weighted by Gasteiger charge is 2.22. The maximum atomic E-state index is 13.2. The molecule has 1 aromatic carbocycles. The van der Waals surface area contributed by atoms with Gasteiger partial charge in [0.1, 0.15) is 0 Å². The summed E-state index contributed by atoms with van der Waals surface area (Å²) >= 11 is 0. The van der Waals surface area contributed by atoms with Gasteiger partial charge in [-0.25, -0.2) is 0 Å². The van der Waals surface area contributed by atoms with E-state index >= 15 is 0 Å². The first-order valence-electron chi connectivity index (χ1n) is 8.12. The van der Waals surface area contributed by atoms with Gasteiger partial charge in [0.25, 0.3) is 0 Å². The molecule has 3 nitrogen and oxygen atoms in total. The van der Waals surface area contributed by atoms with Gasteiger partial charge in [0, 0.05) is 30.3 Å². The number of pyridine rings is 1. The average Bonchev–Trinajstić information content (AvgIpc) is 2.84. The van der Waals surface area contributed by atoms with Crippen LogP contribution >= 0.6 is 0 Å². The number of nitriles is 1. The number of rotatable bonds is 4. The van der Waals surface area contributed by atoms with E-state index in [-0.39, 0.29) is 5.78 Å². The van der Waals surface area contributed by atoms with Crippen molar-refractivity contribution in [1.82, 2.24) is 4.40 Å². The van der Waals surface area contributed by atoms with Crippen molar-refractivity contribution in [2.45, 2.75) is 33.6 Å². The maximum absolute atomic E-state index is 13.2. The summed E-state index contributed by atoms with van der Waals surface area (Å²) in [7, 11) is 0. The Morgan fingerprint density at radius 3 is 2.67 bits per heavy atom. The van der Waals surface area contributed by atoms with Crippen LogP contribution in [0.4, 0.5) is 0 Å². The minimum atomic E-state index is 0.0527. The lowest BCUT2D eigenvalue weighted by Crippen LogP contribution is -2.05. The monoisotopic (exact) mass is 316 g/mol. The first kappa shape index (κ1) is 16.0. The van der Waals surface area contributed by atoms with E-state index < -0.39 is 0 Å². The molecule has 3 heteroatoms. The molecule has 0 aliphatic rings. The van der Waals surface area contributed by atoms with Gasteiger partial charge in [0.2, 0.25) is 0 Å². The zero-order chi connectivity index (χ0) is 17.3. The molecule has 24 heavy (non-hydrogen) atoms. The zero-order valence-corrected chi connectivity index (χ0v) is 14.3. The van der Waals surface area contributed by atoms with Gasteiger partial charge in [0.15, 0.2) is 5.78 Å². The summed E-state index contributed by atoms with van der Waals surface area (Å²) in [5.74, 6) is 0.0527. The van der Waals surface area contributed by atoms with Crippen LogP contribution in [0.3, 0.4) is 0 Å². The number of nitrogens with zero attached hydrogens (tertiary/aromatic N) is 2. The van der Waals surface area contributed by atoms with Crippen molar-refractivity contribution in [1.29, 1.82) is 5.26 Å². The van der Waals surface area contributed by atoms with E-state index in [2.05, 4.69) is 6.07 Å². The highest BCUT2D eigenvalue weighted by molar-refractivity contribution is 6.15. The second kappa shape index (κ2) is 6.33. The Kier molecular flexibility index (Phi) is 4.22. The Balaban J connectivity index is 2.20. The first-order valence-corrected chi connectivity index (χ1v) is 8.12. The number of fused-ring (bicyclic) bond motifs is 1. The number of benzene rings is 1. The van der Waals surface area contributed by atoms with E-state index in [0.717, 1.165) is 39.0 Å². The Hall–Kier alpha value is -2.86. The second-order valence-electron chi connectivity index (χ2n) is 6.21. The smallest absolute Gasteiger partial charge is 0.195 e. The first-order chi connectivity index (χ1) is 11.5. The molecule has 120 valence electrons. The molecule has 3 rings (SSSR count). The normalized spacial score (nSPS) is 10.8. The van der Waals surface area contributed by atoms with Crippen LogP contribution in [0.15, 0.2) is 42.6 Å². The SMILES string of the molecule is Cc1ccc(C(=O)c2c(C)c(CCC#N)n3ccccc23)c(C)c1. The largest absolute Gasteiger partial charge is 0.320 e. The predicted octanol–water partition coefficient (Wildman–Crippen LogP) is 4.55. The van der Waals surface area contributed by atoms with Gasteiger partial charge >= 0.3 is 0 Å². The Labute approximate surface area is 142 Å². The molecule has 3 aromatic rings. The lowest BCUT2D eigenvalue weighted by atomic mass is 9.95. The maximum Gasteiger partial charge on any atom is 0.195 e. The molecule has 0 radical (unpaired) electrons. The van der Waals surface area contributed by atoms with Gasteiger partial charge in [0.05, 0.1) is 17.1 Å². The Morgan fingerprint density at radius 1 is 1.17 bits per heavy atom. The van der Waals surface area contributed by atoms with E-state index in [1.807, 2.05) is 67.8 Å². The minimum Gasteiger partial charge on any atom is -0.320 e. The quantitative estimate of drug-likeness (QED) is 0.663. The summed E-state index contributed by atoms with van der Waals surface area (Å²) in [4.78, 5) is 13.2. The van der Waals surface area contributed by atoms with Crippen LogP contribution in [0.5, 0.6) is 0 Å². The fraction of sp³-hybridized carbons (Fsp3) is 0.238. The second-order valence-corrected chi connectivity index (χ2v) is 6.21. The van der Waals surface area contributed by atoms with Crippen LogP contribution in [0.2, 0.25) is 0 Å². The van der Waals surface area contributed by atoms with Crippen molar-refractivity contribution in [3.63, 3.8) is 0 Å². The summed E-state index contributed by atoms with van der Waals surface area (Å²) in [6.45, 7) is 5.99. The van der Waals surface area contributed by atoms with Crippen molar-refractivity contribution >= 4 is 11.3 Å². The lowest BCUT2D eigenvalue weighted by Gasteiger charge is -2.07. The van der Waals surface area contributed by atoms with Crippen LogP contribution < -0.4 is 0 Å². The van der Waals surface area contributed by atoms with Gasteiger partial charge in [-0.2, -0.15) is 5.26 Å². The Morgan fingerprint density at radius 2 is 1.96 bits per heavy atom. The number of carbonyl (C=O) groups excluding carboxylic acids is 1. The van der Waals surface area contributed by atoms with Crippen LogP contribution in [-0.4, -0.2) is 10.2 Å². The van der Waals surface area contributed by atoms with Crippen molar-refractivity contribution in [2.75, 3.05) is 0 Å². The number of carbonyl (C=O) groups is 1. The zero-order valence-electron chi connectivity index (χ0n) is 14.3.